The van der Waals surface area contributed by atoms with Gasteiger partial charge in [0.15, 0.2) is 9.84 Å². The molecule has 1 N–H and O–H groups in total. The summed E-state index contributed by atoms with van der Waals surface area (Å²) in [4.78, 5) is 20.1. The summed E-state index contributed by atoms with van der Waals surface area (Å²) in [5.41, 5.74) is 1.90. The number of carbonyl (C=O) groups excluding carboxylic acids is 1. The molecule has 2 aliphatic rings. The molecule has 2 fully saturated rings. The number of hydrogen-bond acceptors (Lipinski definition) is 7. The van der Waals surface area contributed by atoms with Crippen LogP contribution in [0.5, 0.6) is 0 Å². The van der Waals surface area contributed by atoms with E-state index in [0.717, 1.165) is 63.4 Å². The second kappa shape index (κ2) is 10.7. The molecule has 3 heterocycles. The predicted octanol–water partition coefficient (Wildman–Crippen LogP) is 3.56. The summed E-state index contributed by atoms with van der Waals surface area (Å²) in [6, 6.07) is 14.9. The zero-order valence-corrected chi connectivity index (χ0v) is 22.2. The number of nitrogens with zero attached hydrogens (tertiary/aromatic N) is 4. The highest BCUT2D eigenvalue weighted by molar-refractivity contribution is 7.90. The molecule has 9 nitrogen and oxygen atoms in total. The first-order valence-corrected chi connectivity index (χ1v) is 14.7. The number of carbonyl (C=O) groups is 1. The van der Waals surface area contributed by atoms with E-state index in [-0.39, 0.29) is 10.8 Å². The molecule has 0 unspecified atom stereocenters. The Kier molecular flexibility index (Phi) is 7.34. The first kappa shape index (κ1) is 26.1. The topological polar surface area (TPSA) is 117 Å². The van der Waals surface area contributed by atoms with Crippen LogP contribution in [-0.2, 0) is 20.0 Å². The molecule has 1 aliphatic carbocycles. The smallest absolute Gasteiger partial charge is 0.257 e. The van der Waals surface area contributed by atoms with Gasteiger partial charge in [-0.2, -0.15) is 5.26 Å². The molecule has 3 aromatic rings. The first-order chi connectivity index (χ1) is 18.3. The zero-order chi connectivity index (χ0) is 26.8. The number of anilines is 1. The van der Waals surface area contributed by atoms with Gasteiger partial charge in [0.2, 0.25) is 0 Å². The molecule has 0 spiro atoms. The van der Waals surface area contributed by atoms with E-state index in [1.807, 2.05) is 6.07 Å². The summed E-state index contributed by atoms with van der Waals surface area (Å²) in [5.74, 6) is -0.285. The third-order valence-corrected chi connectivity index (χ3v) is 8.74. The number of benzene rings is 1. The summed E-state index contributed by atoms with van der Waals surface area (Å²) in [6.45, 7) is 3.46. The summed E-state index contributed by atoms with van der Waals surface area (Å²) < 4.78 is 30.6. The average molecular weight is 534 g/mol. The van der Waals surface area contributed by atoms with Crippen LogP contribution in [0.15, 0.2) is 66.0 Å². The van der Waals surface area contributed by atoms with E-state index in [0.29, 0.717) is 17.3 Å². The van der Waals surface area contributed by atoms with E-state index < -0.39 is 15.3 Å². The third-order valence-electron chi connectivity index (χ3n) is 7.61. The molecule has 1 saturated heterocycles. The first-order valence-electron chi connectivity index (χ1n) is 12.8. The van der Waals surface area contributed by atoms with Gasteiger partial charge in [0.1, 0.15) is 0 Å². The number of hydrogen-bond donors (Lipinski definition) is 1. The molecule has 0 bridgehead atoms. The largest absolute Gasteiger partial charge is 0.379 e. The number of nitrogens with one attached hydrogen (secondary N) is 1. The molecule has 2 aromatic heterocycles. The fraction of sp³-hybridized carbons (Fsp3) is 0.393. The van der Waals surface area contributed by atoms with Gasteiger partial charge in [-0.3, -0.25) is 14.7 Å². The van der Waals surface area contributed by atoms with Crippen molar-refractivity contribution in [2.24, 2.45) is 0 Å². The van der Waals surface area contributed by atoms with Crippen LogP contribution in [0.2, 0.25) is 0 Å². The van der Waals surface area contributed by atoms with E-state index >= 15 is 0 Å². The van der Waals surface area contributed by atoms with Gasteiger partial charge in [-0.05, 0) is 68.1 Å². The minimum absolute atomic E-state index is 0.241. The van der Waals surface area contributed by atoms with Crippen LogP contribution in [0.1, 0.15) is 41.7 Å². The molecule has 1 aliphatic heterocycles. The highest BCUT2D eigenvalue weighted by atomic mass is 32.2. The van der Waals surface area contributed by atoms with E-state index in [2.05, 4.69) is 21.3 Å². The van der Waals surface area contributed by atoms with Gasteiger partial charge in [-0.25, -0.2) is 8.42 Å². The molecule has 0 atom stereocenters. The molecule has 5 rings (SSSR count). The van der Waals surface area contributed by atoms with Crippen molar-refractivity contribution in [3.05, 3.63) is 72.3 Å². The number of ether oxygens (including phenoxy) is 1. The van der Waals surface area contributed by atoms with Crippen LogP contribution >= 0.6 is 0 Å². The summed E-state index contributed by atoms with van der Waals surface area (Å²) >= 11 is 0. The molecular formula is C28H31N5O4S. The Morgan fingerprint density at radius 3 is 2.42 bits per heavy atom. The standard InChI is InChI=1S/C28H31N5O4S/c1-38(35,36)25-5-3-23(4-6-25)33-13-10-21(19-33)27(34)31-22-2-7-26(30-18-22)28(20-29)11-8-24(9-12-28)32-14-16-37-17-15-32/h2-7,10,13,18-19,24H,8-9,11-12,14-17H2,1H3,(H,31,34). The normalized spacial score (nSPS) is 22.5. The maximum absolute atomic E-state index is 12.8. The van der Waals surface area contributed by atoms with Crippen molar-refractivity contribution < 1.29 is 17.9 Å². The Balaban J connectivity index is 1.22. The quantitative estimate of drug-likeness (QED) is 0.515. The number of sulfone groups is 1. The van der Waals surface area contributed by atoms with Gasteiger partial charge in [0.05, 0.1) is 52.7 Å². The van der Waals surface area contributed by atoms with Gasteiger partial charge in [0.25, 0.3) is 5.91 Å². The zero-order valence-electron chi connectivity index (χ0n) is 21.3. The monoisotopic (exact) mass is 533 g/mol. The lowest BCUT2D eigenvalue weighted by Crippen LogP contribution is -2.47. The second-order valence-corrected chi connectivity index (χ2v) is 12.0. The van der Waals surface area contributed by atoms with Crippen molar-refractivity contribution >= 4 is 21.4 Å². The highest BCUT2D eigenvalue weighted by Gasteiger charge is 2.40. The van der Waals surface area contributed by atoms with Crippen molar-refractivity contribution in [1.82, 2.24) is 14.5 Å². The van der Waals surface area contributed by atoms with Gasteiger partial charge in [-0.1, -0.05) is 0 Å². The summed E-state index contributed by atoms with van der Waals surface area (Å²) in [5, 5.41) is 12.9. The van der Waals surface area contributed by atoms with Crippen LogP contribution in [-0.4, -0.2) is 67.4 Å². The highest BCUT2D eigenvalue weighted by Crippen LogP contribution is 2.40. The Labute approximate surface area is 223 Å². The number of amides is 1. The predicted molar refractivity (Wildman–Crippen MR) is 143 cm³/mol. The van der Waals surface area contributed by atoms with E-state index in [1.165, 1.54) is 6.26 Å². The van der Waals surface area contributed by atoms with Crippen molar-refractivity contribution in [1.29, 1.82) is 5.26 Å². The molecule has 1 aromatic carbocycles. The van der Waals surface area contributed by atoms with Crippen LogP contribution in [0.25, 0.3) is 5.69 Å². The minimum atomic E-state index is -3.27. The van der Waals surface area contributed by atoms with Gasteiger partial charge >= 0.3 is 0 Å². The Bertz CT molecular complexity index is 1430. The van der Waals surface area contributed by atoms with Gasteiger partial charge < -0.3 is 14.6 Å². The number of morpholine rings is 1. The number of pyridine rings is 1. The van der Waals surface area contributed by atoms with Crippen molar-refractivity contribution in [3.8, 4) is 11.8 Å². The van der Waals surface area contributed by atoms with E-state index in [1.54, 1.807) is 59.6 Å². The van der Waals surface area contributed by atoms with Gasteiger partial charge in [-0.15, -0.1) is 0 Å². The Morgan fingerprint density at radius 1 is 1.11 bits per heavy atom. The fourth-order valence-corrected chi connectivity index (χ4v) is 5.97. The number of aromatic nitrogens is 2. The van der Waals surface area contributed by atoms with Crippen LogP contribution in [0.4, 0.5) is 5.69 Å². The summed E-state index contributed by atoms with van der Waals surface area (Å²) in [7, 11) is -3.27. The van der Waals surface area contributed by atoms with Gasteiger partial charge in [0, 0.05) is 43.5 Å². The second-order valence-electron chi connectivity index (χ2n) is 10.0. The Morgan fingerprint density at radius 2 is 1.82 bits per heavy atom. The van der Waals surface area contributed by atoms with Crippen LogP contribution in [0, 0.1) is 11.3 Å². The molecule has 10 heteroatoms. The van der Waals surface area contributed by atoms with Crippen molar-refractivity contribution in [2.75, 3.05) is 37.9 Å². The summed E-state index contributed by atoms with van der Waals surface area (Å²) in [6.07, 6.45) is 9.66. The lowest BCUT2D eigenvalue weighted by atomic mass is 9.71. The van der Waals surface area contributed by atoms with E-state index in [9.17, 15) is 18.5 Å². The van der Waals surface area contributed by atoms with Crippen molar-refractivity contribution in [2.45, 2.75) is 42.0 Å². The van der Waals surface area contributed by atoms with Crippen LogP contribution < -0.4 is 5.32 Å². The molecule has 198 valence electrons. The molecular weight excluding hydrogens is 502 g/mol. The molecule has 38 heavy (non-hydrogen) atoms. The maximum Gasteiger partial charge on any atom is 0.257 e. The Hall–Kier alpha value is -3.52. The molecule has 0 radical (unpaired) electrons. The number of rotatable bonds is 6. The number of nitriles is 1. The lowest BCUT2D eigenvalue weighted by Gasteiger charge is -2.41. The molecule has 1 amide bonds. The van der Waals surface area contributed by atoms with Crippen molar-refractivity contribution in [3.63, 3.8) is 0 Å². The fourth-order valence-electron chi connectivity index (χ4n) is 5.34. The lowest BCUT2D eigenvalue weighted by molar-refractivity contribution is 0.00493. The van der Waals surface area contributed by atoms with Crippen LogP contribution in [0.3, 0.4) is 0 Å². The maximum atomic E-state index is 12.8. The average Bonchev–Trinajstić information content (AvgIpc) is 3.44. The SMILES string of the molecule is CS(=O)(=O)c1ccc(-n2ccc(C(=O)Nc3ccc(C4(C#N)CCC(N5CCOCC5)CC4)nc3)c2)cc1. The van der Waals surface area contributed by atoms with E-state index in [4.69, 9.17) is 4.74 Å². The third kappa shape index (κ3) is 5.50. The minimum Gasteiger partial charge on any atom is -0.379 e. The molecule has 1 saturated carbocycles.